The topological polar surface area (TPSA) is 62.5 Å². The first-order valence-corrected chi connectivity index (χ1v) is 9.95. The van der Waals surface area contributed by atoms with Crippen LogP contribution in [0, 0.1) is 13.8 Å². The second-order valence-corrected chi connectivity index (χ2v) is 7.76. The largest absolute Gasteiger partial charge is 0.325 e. The molecule has 4 rings (SSSR count). The normalized spacial score (nSPS) is 17.0. The number of rotatable bonds is 4. The summed E-state index contributed by atoms with van der Waals surface area (Å²) >= 11 is 0. The molecule has 1 aliphatic heterocycles. The molecule has 0 aliphatic carbocycles. The number of fused-ring (bicyclic) bond motifs is 1. The van der Waals surface area contributed by atoms with Crippen LogP contribution in [0.4, 0.5) is 5.69 Å². The second kappa shape index (κ2) is 7.72. The van der Waals surface area contributed by atoms with Crippen molar-refractivity contribution in [2.24, 2.45) is 0 Å². The predicted octanol–water partition coefficient (Wildman–Crippen LogP) is 3.55. The molecule has 1 amide bonds. The quantitative estimate of drug-likeness (QED) is 0.755. The minimum absolute atomic E-state index is 0.0506. The molecule has 1 fully saturated rings. The summed E-state index contributed by atoms with van der Waals surface area (Å²) in [6, 6.07) is 11.9. The Morgan fingerprint density at radius 3 is 2.64 bits per heavy atom. The third-order valence-electron chi connectivity index (χ3n) is 5.94. The van der Waals surface area contributed by atoms with Crippen LogP contribution in [-0.4, -0.2) is 44.5 Å². The van der Waals surface area contributed by atoms with Gasteiger partial charge < -0.3 is 5.32 Å². The number of aryl methyl sites for hydroxylation is 2. The zero-order valence-corrected chi connectivity index (χ0v) is 16.7. The lowest BCUT2D eigenvalue weighted by Gasteiger charge is -2.34. The van der Waals surface area contributed by atoms with E-state index in [4.69, 9.17) is 0 Å². The average molecular weight is 377 g/mol. The molecule has 28 heavy (non-hydrogen) atoms. The number of aromatic nitrogens is 3. The lowest BCUT2D eigenvalue weighted by atomic mass is 9.95. The number of hydrogen-bond donors (Lipinski definition) is 1. The smallest absolute Gasteiger partial charge is 0.241 e. The molecule has 6 nitrogen and oxygen atoms in total. The maximum absolute atomic E-state index is 12.7. The van der Waals surface area contributed by atoms with E-state index < -0.39 is 0 Å². The molecule has 146 valence electrons. The third-order valence-corrected chi connectivity index (χ3v) is 5.94. The van der Waals surface area contributed by atoms with E-state index in [1.807, 2.05) is 49.5 Å². The van der Waals surface area contributed by atoms with E-state index in [1.54, 1.807) is 0 Å². The molecule has 0 spiro atoms. The number of benzene rings is 1. The van der Waals surface area contributed by atoms with Gasteiger partial charge in [-0.05, 0) is 82.1 Å². The standard InChI is InChI=1S/C22H27N5O/c1-15-7-8-19(14-16(15)2)23-22(28)17(3)26-12-9-18(10-13-26)21-25-24-20-6-4-5-11-27(20)21/h4-8,11,14,17-18H,9-10,12-13H2,1-3H3,(H,23,28). The fourth-order valence-electron chi connectivity index (χ4n) is 3.91. The monoisotopic (exact) mass is 377 g/mol. The Morgan fingerprint density at radius 1 is 1.11 bits per heavy atom. The van der Waals surface area contributed by atoms with Crippen molar-refractivity contribution in [2.75, 3.05) is 18.4 Å². The van der Waals surface area contributed by atoms with Crippen molar-refractivity contribution in [2.45, 2.75) is 45.6 Å². The van der Waals surface area contributed by atoms with E-state index >= 15 is 0 Å². The fourth-order valence-corrected chi connectivity index (χ4v) is 3.91. The van der Waals surface area contributed by atoms with E-state index in [9.17, 15) is 4.79 Å². The minimum atomic E-state index is -0.155. The van der Waals surface area contributed by atoms with Crippen molar-refractivity contribution in [3.63, 3.8) is 0 Å². The predicted molar refractivity (Wildman–Crippen MR) is 111 cm³/mol. The number of likely N-dealkylation sites (tertiary alicyclic amines) is 1. The molecule has 1 aliphatic rings. The average Bonchev–Trinajstić information content (AvgIpc) is 3.14. The molecule has 1 unspecified atom stereocenters. The molecule has 3 heterocycles. The number of piperidine rings is 1. The van der Waals surface area contributed by atoms with Gasteiger partial charge in [-0.3, -0.25) is 14.1 Å². The highest BCUT2D eigenvalue weighted by Gasteiger charge is 2.29. The molecule has 1 N–H and O–H groups in total. The maximum atomic E-state index is 12.7. The molecule has 3 aromatic rings. The van der Waals surface area contributed by atoms with Crippen LogP contribution in [0.5, 0.6) is 0 Å². The zero-order chi connectivity index (χ0) is 19.7. The van der Waals surface area contributed by atoms with Gasteiger partial charge in [-0.25, -0.2) is 0 Å². The highest BCUT2D eigenvalue weighted by atomic mass is 16.2. The van der Waals surface area contributed by atoms with Crippen LogP contribution >= 0.6 is 0 Å². The van der Waals surface area contributed by atoms with E-state index in [-0.39, 0.29) is 11.9 Å². The van der Waals surface area contributed by atoms with E-state index in [0.717, 1.165) is 43.1 Å². The molecule has 6 heteroatoms. The molecule has 0 saturated carbocycles. The van der Waals surface area contributed by atoms with Gasteiger partial charge in [0, 0.05) is 17.8 Å². The summed E-state index contributed by atoms with van der Waals surface area (Å²) in [5.41, 5.74) is 4.17. The van der Waals surface area contributed by atoms with Crippen LogP contribution in [0.25, 0.3) is 5.65 Å². The van der Waals surface area contributed by atoms with Crippen molar-refractivity contribution < 1.29 is 4.79 Å². The van der Waals surface area contributed by atoms with Gasteiger partial charge in [0.2, 0.25) is 5.91 Å². The van der Waals surface area contributed by atoms with Crippen molar-refractivity contribution in [3.8, 4) is 0 Å². The van der Waals surface area contributed by atoms with Gasteiger partial charge in [0.05, 0.1) is 6.04 Å². The number of anilines is 1. The van der Waals surface area contributed by atoms with Crippen LogP contribution in [0.2, 0.25) is 0 Å². The molecule has 1 atom stereocenters. The Balaban J connectivity index is 1.37. The molecule has 0 radical (unpaired) electrons. The molecule has 1 aromatic carbocycles. The second-order valence-electron chi connectivity index (χ2n) is 7.76. The summed E-state index contributed by atoms with van der Waals surface area (Å²) < 4.78 is 2.08. The first-order valence-electron chi connectivity index (χ1n) is 9.95. The highest BCUT2D eigenvalue weighted by molar-refractivity contribution is 5.94. The fraction of sp³-hybridized carbons (Fsp3) is 0.409. The van der Waals surface area contributed by atoms with Crippen molar-refractivity contribution in [3.05, 3.63) is 59.5 Å². The van der Waals surface area contributed by atoms with Crippen LogP contribution in [-0.2, 0) is 4.79 Å². The van der Waals surface area contributed by atoms with E-state index in [2.05, 4.69) is 38.7 Å². The van der Waals surface area contributed by atoms with Gasteiger partial charge in [0.25, 0.3) is 0 Å². The maximum Gasteiger partial charge on any atom is 0.241 e. The van der Waals surface area contributed by atoms with Crippen molar-refractivity contribution in [1.29, 1.82) is 0 Å². The van der Waals surface area contributed by atoms with Gasteiger partial charge in [-0.1, -0.05) is 12.1 Å². The number of nitrogens with zero attached hydrogens (tertiary/aromatic N) is 4. The Morgan fingerprint density at radius 2 is 1.89 bits per heavy atom. The highest BCUT2D eigenvalue weighted by Crippen LogP contribution is 2.28. The van der Waals surface area contributed by atoms with Crippen LogP contribution in [0.15, 0.2) is 42.6 Å². The Labute approximate surface area is 165 Å². The number of amides is 1. The number of nitrogens with one attached hydrogen (secondary N) is 1. The van der Waals surface area contributed by atoms with Gasteiger partial charge in [-0.15, -0.1) is 10.2 Å². The molecule has 0 bridgehead atoms. The molecular formula is C22H27N5O. The molecule has 1 saturated heterocycles. The number of pyridine rings is 1. The van der Waals surface area contributed by atoms with Crippen molar-refractivity contribution in [1.82, 2.24) is 19.5 Å². The lowest BCUT2D eigenvalue weighted by molar-refractivity contribution is -0.121. The van der Waals surface area contributed by atoms with Gasteiger partial charge in [0.15, 0.2) is 5.65 Å². The Bertz CT molecular complexity index is 988. The third kappa shape index (κ3) is 3.64. The van der Waals surface area contributed by atoms with Gasteiger partial charge in [0.1, 0.15) is 5.82 Å². The summed E-state index contributed by atoms with van der Waals surface area (Å²) in [6.07, 6.45) is 3.99. The van der Waals surface area contributed by atoms with Crippen molar-refractivity contribution >= 4 is 17.2 Å². The van der Waals surface area contributed by atoms with E-state index in [0.29, 0.717) is 5.92 Å². The molecular weight excluding hydrogens is 350 g/mol. The van der Waals surface area contributed by atoms with Crippen LogP contribution in [0.3, 0.4) is 0 Å². The summed E-state index contributed by atoms with van der Waals surface area (Å²) in [7, 11) is 0. The first-order chi connectivity index (χ1) is 13.5. The summed E-state index contributed by atoms with van der Waals surface area (Å²) in [5, 5.41) is 11.7. The first kappa shape index (κ1) is 18.6. The minimum Gasteiger partial charge on any atom is -0.325 e. The Hall–Kier alpha value is -2.73. The SMILES string of the molecule is Cc1ccc(NC(=O)C(C)N2CCC(c3nnc4ccccn34)CC2)cc1C. The Kier molecular flexibility index (Phi) is 5.13. The summed E-state index contributed by atoms with van der Waals surface area (Å²) in [4.78, 5) is 15.0. The van der Waals surface area contributed by atoms with Crippen LogP contribution < -0.4 is 5.32 Å². The molecule has 2 aromatic heterocycles. The van der Waals surface area contributed by atoms with Crippen LogP contribution in [0.1, 0.15) is 42.6 Å². The number of hydrogen-bond acceptors (Lipinski definition) is 4. The summed E-state index contributed by atoms with van der Waals surface area (Å²) in [5.74, 6) is 1.46. The van der Waals surface area contributed by atoms with Gasteiger partial charge in [-0.2, -0.15) is 0 Å². The van der Waals surface area contributed by atoms with E-state index in [1.165, 1.54) is 11.1 Å². The van der Waals surface area contributed by atoms with Gasteiger partial charge >= 0.3 is 0 Å². The lowest BCUT2D eigenvalue weighted by Crippen LogP contribution is -2.45. The zero-order valence-electron chi connectivity index (χ0n) is 16.7. The summed E-state index contributed by atoms with van der Waals surface area (Å²) in [6.45, 7) is 7.89. The number of carbonyl (C=O) groups excluding carboxylic acids is 1. The number of carbonyl (C=O) groups is 1.